The lowest BCUT2D eigenvalue weighted by Gasteiger charge is -2.24. The van der Waals surface area contributed by atoms with Crippen LogP contribution < -0.4 is 5.32 Å². The summed E-state index contributed by atoms with van der Waals surface area (Å²) in [4.78, 5) is 5.64. The molecule has 4 heterocycles. The molecule has 4 nitrogen and oxygen atoms in total. The highest BCUT2D eigenvalue weighted by Gasteiger charge is 2.28. The molecular formula is C60H37N3OS. The Kier molecular flexibility index (Phi) is 7.88. The van der Waals surface area contributed by atoms with Gasteiger partial charge in [-0.25, -0.2) is 0 Å². The van der Waals surface area contributed by atoms with Gasteiger partial charge in [0.15, 0.2) is 0 Å². The first-order chi connectivity index (χ1) is 32.2. The van der Waals surface area contributed by atoms with Crippen LogP contribution >= 0.6 is 11.3 Å². The normalized spacial score (nSPS) is 13.9. The molecule has 3 aromatic heterocycles. The monoisotopic (exact) mass is 847 g/mol. The third-order valence-corrected chi connectivity index (χ3v) is 14.5. The zero-order chi connectivity index (χ0) is 42.6. The fourth-order valence-electron chi connectivity index (χ4n) is 10.2. The molecular weight excluding hydrogens is 811 g/mol. The standard InChI is InChI=1S/C60H37N3OS/c1-2-10-36(11-3-1)37-18-20-38(21-19-37)43-26-29-56-51(33-43)57-58(44-25-28-55-50(34-44)48-15-7-9-17-54(48)64-55)61-59(62-60(57)65-56)45-23-22-42-31-46(27-24-41(42)30-45)63-52-16-8-6-14-47(52)49-32-39-12-4-5-13-40(39)35-53(49)63/h1-35,59,62H. The first-order valence-electron chi connectivity index (χ1n) is 22.1. The molecule has 0 amide bonds. The maximum atomic E-state index is 6.29. The second-order valence-electron chi connectivity index (χ2n) is 17.2. The molecule has 1 unspecified atom stereocenters. The van der Waals surface area contributed by atoms with Gasteiger partial charge >= 0.3 is 0 Å². The molecule has 1 atom stereocenters. The van der Waals surface area contributed by atoms with Gasteiger partial charge in [0.1, 0.15) is 22.3 Å². The first-order valence-corrected chi connectivity index (χ1v) is 22.9. The number of thiophene rings is 1. The first kappa shape index (κ1) is 36.3. The second-order valence-corrected chi connectivity index (χ2v) is 18.2. The number of benzene rings is 10. The number of hydrogen-bond acceptors (Lipinski definition) is 4. The van der Waals surface area contributed by atoms with Gasteiger partial charge in [-0.1, -0.05) is 140 Å². The van der Waals surface area contributed by atoms with E-state index in [0.29, 0.717) is 0 Å². The van der Waals surface area contributed by atoms with Crippen LogP contribution in [0, 0.1) is 0 Å². The molecule has 0 bridgehead atoms. The number of rotatable bonds is 5. The van der Waals surface area contributed by atoms with Crippen molar-refractivity contribution in [2.45, 2.75) is 6.17 Å². The number of furan rings is 1. The van der Waals surface area contributed by atoms with E-state index in [1.807, 2.05) is 12.1 Å². The van der Waals surface area contributed by atoms with E-state index in [1.54, 1.807) is 11.3 Å². The maximum Gasteiger partial charge on any atom is 0.146 e. The molecule has 5 heteroatoms. The summed E-state index contributed by atoms with van der Waals surface area (Å²) in [5, 5.41) is 15.8. The summed E-state index contributed by atoms with van der Waals surface area (Å²) < 4.78 is 9.93. The van der Waals surface area contributed by atoms with Crippen molar-refractivity contribution in [1.29, 1.82) is 0 Å². The zero-order valence-corrected chi connectivity index (χ0v) is 35.8. The molecule has 1 N–H and O–H groups in total. The van der Waals surface area contributed by atoms with E-state index in [0.717, 1.165) is 55.0 Å². The number of nitrogens with one attached hydrogen (secondary N) is 1. The summed E-state index contributed by atoms with van der Waals surface area (Å²) in [6.07, 6.45) is -0.290. The van der Waals surface area contributed by atoms with Crippen molar-refractivity contribution in [3.05, 3.63) is 229 Å². The van der Waals surface area contributed by atoms with Gasteiger partial charge in [-0.3, -0.25) is 4.99 Å². The minimum Gasteiger partial charge on any atom is -0.456 e. The number of fused-ring (bicyclic) bond motifs is 11. The Bertz CT molecular complexity index is 4100. The van der Waals surface area contributed by atoms with Crippen LogP contribution in [0.1, 0.15) is 22.9 Å². The Morgan fingerprint density at radius 3 is 1.95 bits per heavy atom. The molecule has 0 saturated heterocycles. The van der Waals surface area contributed by atoms with E-state index in [1.165, 1.54) is 75.7 Å². The fourth-order valence-corrected chi connectivity index (χ4v) is 11.3. The molecule has 0 saturated carbocycles. The Morgan fingerprint density at radius 2 is 1.08 bits per heavy atom. The summed E-state index contributed by atoms with van der Waals surface area (Å²) in [5.74, 6) is 0. The van der Waals surface area contributed by atoms with Gasteiger partial charge in [-0.15, -0.1) is 11.3 Å². The van der Waals surface area contributed by atoms with Crippen LogP contribution in [0.25, 0.3) is 103 Å². The predicted octanol–water partition coefficient (Wildman–Crippen LogP) is 16.5. The molecule has 13 aromatic rings. The number of hydrogen-bond donors (Lipinski definition) is 1. The smallest absolute Gasteiger partial charge is 0.146 e. The van der Waals surface area contributed by atoms with Gasteiger partial charge in [0.05, 0.1) is 16.7 Å². The minimum atomic E-state index is -0.290. The van der Waals surface area contributed by atoms with E-state index in [9.17, 15) is 0 Å². The molecule has 10 aromatic carbocycles. The van der Waals surface area contributed by atoms with Crippen LogP contribution in [0.2, 0.25) is 0 Å². The third kappa shape index (κ3) is 5.79. The number of aliphatic imine (C=N–C) groups is 1. The van der Waals surface area contributed by atoms with Crippen molar-refractivity contribution in [2.24, 2.45) is 4.99 Å². The Morgan fingerprint density at radius 1 is 0.431 bits per heavy atom. The summed E-state index contributed by atoms with van der Waals surface area (Å²) in [6, 6.07) is 76.9. The van der Waals surface area contributed by atoms with Crippen LogP contribution in [0.3, 0.4) is 0 Å². The van der Waals surface area contributed by atoms with Crippen LogP contribution in [0.5, 0.6) is 0 Å². The van der Waals surface area contributed by atoms with E-state index >= 15 is 0 Å². The molecule has 0 aliphatic carbocycles. The van der Waals surface area contributed by atoms with E-state index in [-0.39, 0.29) is 6.17 Å². The molecule has 0 radical (unpaired) electrons. The lowest BCUT2D eigenvalue weighted by atomic mass is 9.94. The summed E-state index contributed by atoms with van der Waals surface area (Å²) >= 11 is 1.80. The SMILES string of the molecule is c1ccc(-c2ccc(-c3ccc4sc5c(c4c3)C(c3ccc4oc6ccccc6c4c3)=NC(c3ccc4cc(-n6c7ccccc7c7cc8ccccc8cc76)ccc4c3)N5)cc2)cc1. The average molecular weight is 848 g/mol. The highest BCUT2D eigenvalue weighted by Crippen LogP contribution is 2.45. The van der Waals surface area contributed by atoms with Crippen LogP contribution in [-0.2, 0) is 0 Å². The van der Waals surface area contributed by atoms with Gasteiger partial charge in [-0.2, -0.15) is 0 Å². The van der Waals surface area contributed by atoms with Gasteiger partial charge < -0.3 is 14.3 Å². The van der Waals surface area contributed by atoms with Gasteiger partial charge in [0, 0.05) is 48.4 Å². The van der Waals surface area contributed by atoms with E-state index in [2.05, 4.69) is 210 Å². The summed E-state index contributed by atoms with van der Waals surface area (Å²) in [5.41, 5.74) is 14.4. The maximum absolute atomic E-state index is 6.29. The largest absolute Gasteiger partial charge is 0.456 e. The molecule has 1 aliphatic rings. The minimum absolute atomic E-state index is 0.290. The van der Waals surface area contributed by atoms with Gasteiger partial charge in [0.25, 0.3) is 0 Å². The molecule has 0 spiro atoms. The van der Waals surface area contributed by atoms with Gasteiger partial charge in [-0.05, 0) is 122 Å². The van der Waals surface area contributed by atoms with Crippen LogP contribution in [0.4, 0.5) is 5.00 Å². The van der Waals surface area contributed by atoms with Crippen molar-refractivity contribution in [2.75, 3.05) is 5.32 Å². The second kappa shape index (κ2) is 14.1. The Labute approximate surface area is 378 Å². The summed E-state index contributed by atoms with van der Waals surface area (Å²) in [6.45, 7) is 0. The third-order valence-electron chi connectivity index (χ3n) is 13.4. The van der Waals surface area contributed by atoms with E-state index in [4.69, 9.17) is 9.41 Å². The number of para-hydroxylation sites is 2. The molecule has 1 aliphatic heterocycles. The highest BCUT2D eigenvalue weighted by molar-refractivity contribution is 7.23. The lowest BCUT2D eigenvalue weighted by molar-refractivity contribution is 0.669. The Hall–Kier alpha value is -8.25. The number of nitrogens with zero attached hydrogens (tertiary/aromatic N) is 2. The van der Waals surface area contributed by atoms with Crippen LogP contribution in [0.15, 0.2) is 222 Å². The number of aromatic nitrogens is 1. The molecule has 0 fully saturated rings. The highest BCUT2D eigenvalue weighted by atomic mass is 32.1. The molecule has 65 heavy (non-hydrogen) atoms. The predicted molar refractivity (Wildman–Crippen MR) is 274 cm³/mol. The summed E-state index contributed by atoms with van der Waals surface area (Å²) in [7, 11) is 0. The zero-order valence-electron chi connectivity index (χ0n) is 35.0. The van der Waals surface area contributed by atoms with Crippen LogP contribution in [-0.4, -0.2) is 10.3 Å². The van der Waals surface area contributed by atoms with Gasteiger partial charge in [0.2, 0.25) is 0 Å². The lowest BCUT2D eigenvalue weighted by Crippen LogP contribution is -2.19. The van der Waals surface area contributed by atoms with Crippen molar-refractivity contribution in [3.63, 3.8) is 0 Å². The Balaban J connectivity index is 0.887. The van der Waals surface area contributed by atoms with E-state index < -0.39 is 0 Å². The quantitative estimate of drug-likeness (QED) is 0.187. The fraction of sp³-hybridized carbons (Fsp3) is 0.0167. The van der Waals surface area contributed by atoms with Crippen molar-refractivity contribution in [1.82, 2.24) is 4.57 Å². The molecule has 14 rings (SSSR count). The van der Waals surface area contributed by atoms with Crippen molar-refractivity contribution < 1.29 is 4.42 Å². The average Bonchev–Trinajstić information content (AvgIpc) is 4.04. The number of anilines is 1. The van der Waals surface area contributed by atoms with Crippen molar-refractivity contribution >= 4 is 97.4 Å². The van der Waals surface area contributed by atoms with Crippen molar-refractivity contribution in [3.8, 4) is 27.9 Å². The molecule has 304 valence electrons. The topological polar surface area (TPSA) is 42.5 Å².